The fourth-order valence-corrected chi connectivity index (χ4v) is 3.78. The van der Waals surface area contributed by atoms with Gasteiger partial charge in [0, 0.05) is 12.2 Å². The molecule has 0 saturated carbocycles. The zero-order valence-corrected chi connectivity index (χ0v) is 18.5. The van der Waals surface area contributed by atoms with Gasteiger partial charge >= 0.3 is 6.03 Å². The average molecular weight is 444 g/mol. The van der Waals surface area contributed by atoms with Crippen LogP contribution in [0.3, 0.4) is 0 Å². The van der Waals surface area contributed by atoms with E-state index in [1.165, 1.54) is 4.90 Å². The monoisotopic (exact) mass is 443 g/mol. The van der Waals surface area contributed by atoms with Gasteiger partial charge in [-0.2, -0.15) is 0 Å². The Labute approximate surface area is 192 Å². The molecule has 4 amide bonds. The van der Waals surface area contributed by atoms with Crippen molar-refractivity contribution in [3.63, 3.8) is 0 Å². The van der Waals surface area contributed by atoms with E-state index in [9.17, 15) is 14.4 Å². The van der Waals surface area contributed by atoms with Crippen molar-refractivity contribution >= 4 is 29.2 Å². The van der Waals surface area contributed by atoms with E-state index in [2.05, 4.69) is 5.32 Å². The van der Waals surface area contributed by atoms with Crippen molar-refractivity contribution in [2.75, 3.05) is 17.3 Å². The number of methoxy groups -OCH3 is 1. The normalized spacial score (nSPS) is 15.6. The SMILES string of the molecule is COc1ccc(NC(=O)C[C@@H]2C(=O)N(c3ccccc3)C(=O)N2Cc2ccc(C)cc2)cc1. The molecule has 1 atom stereocenters. The number of imide groups is 1. The van der Waals surface area contributed by atoms with Crippen molar-refractivity contribution in [2.24, 2.45) is 0 Å². The highest BCUT2D eigenvalue weighted by atomic mass is 16.5. The number of nitrogens with one attached hydrogen (secondary N) is 1. The summed E-state index contributed by atoms with van der Waals surface area (Å²) in [6, 6.07) is 22.1. The van der Waals surface area contributed by atoms with Gasteiger partial charge in [-0.25, -0.2) is 9.69 Å². The molecule has 3 aromatic carbocycles. The second kappa shape index (κ2) is 9.56. The number of nitrogens with zero attached hydrogens (tertiary/aromatic N) is 2. The zero-order chi connectivity index (χ0) is 23.4. The molecular weight excluding hydrogens is 418 g/mol. The Bertz CT molecular complexity index is 1140. The topological polar surface area (TPSA) is 79.0 Å². The van der Waals surface area contributed by atoms with Crippen molar-refractivity contribution in [2.45, 2.75) is 25.9 Å². The molecule has 0 bridgehead atoms. The quantitative estimate of drug-likeness (QED) is 0.550. The maximum Gasteiger partial charge on any atom is 0.332 e. The number of para-hydroxylation sites is 1. The van der Waals surface area contributed by atoms with Crippen LogP contribution in [-0.2, 0) is 16.1 Å². The number of urea groups is 1. The molecule has 33 heavy (non-hydrogen) atoms. The molecule has 7 heteroatoms. The highest BCUT2D eigenvalue weighted by molar-refractivity contribution is 6.22. The number of anilines is 2. The van der Waals surface area contributed by atoms with Crippen LogP contribution in [0.15, 0.2) is 78.9 Å². The lowest BCUT2D eigenvalue weighted by Gasteiger charge is -2.22. The Morgan fingerprint density at radius 2 is 1.61 bits per heavy atom. The zero-order valence-electron chi connectivity index (χ0n) is 18.5. The molecule has 1 aliphatic rings. The molecule has 168 valence electrons. The largest absolute Gasteiger partial charge is 0.497 e. The number of aryl methyl sites for hydroxylation is 1. The van der Waals surface area contributed by atoms with Gasteiger partial charge in [-0.1, -0.05) is 48.0 Å². The van der Waals surface area contributed by atoms with E-state index < -0.39 is 18.0 Å². The molecule has 3 aromatic rings. The van der Waals surface area contributed by atoms with Crippen LogP contribution in [0.5, 0.6) is 5.75 Å². The molecular formula is C26H25N3O4. The van der Waals surface area contributed by atoms with E-state index in [0.29, 0.717) is 17.1 Å². The fourth-order valence-electron chi connectivity index (χ4n) is 3.78. The Hall–Kier alpha value is -4.13. The molecule has 7 nitrogen and oxygen atoms in total. The van der Waals surface area contributed by atoms with Gasteiger partial charge < -0.3 is 15.0 Å². The first-order valence-corrected chi connectivity index (χ1v) is 10.7. The van der Waals surface area contributed by atoms with Crippen LogP contribution in [-0.4, -0.2) is 35.9 Å². The summed E-state index contributed by atoms with van der Waals surface area (Å²) in [6.45, 7) is 2.21. The number of carbonyl (C=O) groups excluding carboxylic acids is 3. The molecule has 1 aliphatic heterocycles. The Morgan fingerprint density at radius 3 is 2.24 bits per heavy atom. The van der Waals surface area contributed by atoms with Crippen LogP contribution >= 0.6 is 0 Å². The van der Waals surface area contributed by atoms with E-state index in [-0.39, 0.29) is 18.9 Å². The van der Waals surface area contributed by atoms with E-state index >= 15 is 0 Å². The van der Waals surface area contributed by atoms with Gasteiger partial charge in [0.15, 0.2) is 0 Å². The van der Waals surface area contributed by atoms with E-state index in [0.717, 1.165) is 16.0 Å². The minimum atomic E-state index is -0.905. The third kappa shape index (κ3) is 4.87. The number of benzene rings is 3. The number of ether oxygens (including phenoxy) is 1. The lowest BCUT2D eigenvalue weighted by atomic mass is 10.1. The summed E-state index contributed by atoms with van der Waals surface area (Å²) >= 11 is 0. The van der Waals surface area contributed by atoms with Gasteiger partial charge in [-0.15, -0.1) is 0 Å². The summed E-state index contributed by atoms with van der Waals surface area (Å²) in [4.78, 5) is 42.0. The van der Waals surface area contributed by atoms with Crippen LogP contribution < -0.4 is 15.0 Å². The molecule has 1 fully saturated rings. The predicted octanol–water partition coefficient (Wildman–Crippen LogP) is 4.37. The van der Waals surface area contributed by atoms with Gasteiger partial charge in [0.1, 0.15) is 11.8 Å². The van der Waals surface area contributed by atoms with Crippen molar-refractivity contribution in [1.29, 1.82) is 0 Å². The first-order chi connectivity index (χ1) is 16.0. The first kappa shape index (κ1) is 22.1. The van der Waals surface area contributed by atoms with E-state index in [4.69, 9.17) is 4.74 Å². The lowest BCUT2D eigenvalue weighted by Crippen LogP contribution is -2.37. The van der Waals surface area contributed by atoms with Crippen LogP contribution in [0.2, 0.25) is 0 Å². The van der Waals surface area contributed by atoms with Crippen LogP contribution in [0.4, 0.5) is 16.2 Å². The van der Waals surface area contributed by atoms with Gasteiger partial charge in [0.05, 0.1) is 19.2 Å². The number of rotatable bonds is 7. The maximum atomic E-state index is 13.3. The standard InChI is InChI=1S/C26H25N3O4/c1-18-8-10-19(11-9-18)17-28-23(16-24(30)27-20-12-14-22(33-2)15-13-20)25(31)29(26(28)32)21-6-4-3-5-7-21/h3-15,23H,16-17H2,1-2H3,(H,27,30)/t23-/m1/s1. The molecule has 0 radical (unpaired) electrons. The molecule has 1 heterocycles. The van der Waals surface area contributed by atoms with E-state index in [1.54, 1.807) is 55.6 Å². The molecule has 1 N–H and O–H groups in total. The van der Waals surface area contributed by atoms with Crippen molar-refractivity contribution < 1.29 is 19.1 Å². The molecule has 0 spiro atoms. The van der Waals surface area contributed by atoms with Crippen LogP contribution in [0, 0.1) is 6.92 Å². The van der Waals surface area contributed by atoms with Gasteiger partial charge in [0.25, 0.3) is 5.91 Å². The predicted molar refractivity (Wildman–Crippen MR) is 126 cm³/mol. The Balaban J connectivity index is 1.57. The summed E-state index contributed by atoms with van der Waals surface area (Å²) < 4.78 is 5.13. The van der Waals surface area contributed by atoms with Gasteiger partial charge in [0.2, 0.25) is 5.91 Å². The molecule has 1 saturated heterocycles. The lowest BCUT2D eigenvalue weighted by molar-refractivity contribution is -0.124. The highest BCUT2D eigenvalue weighted by Crippen LogP contribution is 2.28. The number of carbonyl (C=O) groups is 3. The third-order valence-corrected chi connectivity index (χ3v) is 5.56. The Kier molecular flexibility index (Phi) is 6.40. The van der Waals surface area contributed by atoms with Crippen LogP contribution in [0.25, 0.3) is 0 Å². The minimum absolute atomic E-state index is 0.147. The number of amides is 4. The Morgan fingerprint density at radius 1 is 0.939 bits per heavy atom. The number of hydrogen-bond acceptors (Lipinski definition) is 4. The molecule has 4 rings (SSSR count). The molecule has 0 aliphatic carbocycles. The summed E-state index contributed by atoms with van der Waals surface area (Å²) in [5, 5.41) is 2.80. The van der Waals surface area contributed by atoms with Crippen molar-refractivity contribution in [1.82, 2.24) is 4.90 Å². The third-order valence-electron chi connectivity index (χ3n) is 5.56. The summed E-state index contributed by atoms with van der Waals surface area (Å²) in [5.74, 6) is -0.0920. The van der Waals surface area contributed by atoms with E-state index in [1.807, 2.05) is 37.3 Å². The second-order valence-electron chi connectivity index (χ2n) is 7.90. The summed E-state index contributed by atoms with van der Waals surface area (Å²) in [7, 11) is 1.57. The average Bonchev–Trinajstić information content (AvgIpc) is 3.05. The van der Waals surface area contributed by atoms with Gasteiger partial charge in [-0.05, 0) is 48.9 Å². The summed E-state index contributed by atoms with van der Waals surface area (Å²) in [5.41, 5.74) is 3.06. The molecule has 0 unspecified atom stereocenters. The van der Waals surface area contributed by atoms with Gasteiger partial charge in [-0.3, -0.25) is 9.59 Å². The number of hydrogen-bond donors (Lipinski definition) is 1. The maximum absolute atomic E-state index is 13.3. The summed E-state index contributed by atoms with van der Waals surface area (Å²) in [6.07, 6.45) is -0.147. The highest BCUT2D eigenvalue weighted by Gasteiger charge is 2.46. The fraction of sp³-hybridized carbons (Fsp3) is 0.192. The van der Waals surface area contributed by atoms with Crippen molar-refractivity contribution in [3.8, 4) is 5.75 Å². The van der Waals surface area contributed by atoms with Crippen molar-refractivity contribution in [3.05, 3.63) is 90.0 Å². The minimum Gasteiger partial charge on any atom is -0.497 e. The smallest absolute Gasteiger partial charge is 0.332 e. The van der Waals surface area contributed by atoms with Crippen LogP contribution in [0.1, 0.15) is 17.5 Å². The molecule has 0 aromatic heterocycles. The first-order valence-electron chi connectivity index (χ1n) is 10.7. The second-order valence-corrected chi connectivity index (χ2v) is 7.90.